The summed E-state index contributed by atoms with van der Waals surface area (Å²) >= 11 is 5.37. The zero-order chi connectivity index (χ0) is 25.8. The number of amides is 2. The quantitative estimate of drug-likeness (QED) is 0.141. The van der Waals surface area contributed by atoms with Crippen molar-refractivity contribution < 1.29 is 19.5 Å². The fraction of sp³-hybridized carbons (Fsp3) is 0.148. The molecule has 9 nitrogen and oxygen atoms in total. The second kappa shape index (κ2) is 10.7. The lowest BCUT2D eigenvalue weighted by Gasteiger charge is -2.18. The summed E-state index contributed by atoms with van der Waals surface area (Å²) in [6.07, 6.45) is 4.07. The summed E-state index contributed by atoms with van der Waals surface area (Å²) in [6.45, 7) is 0.541. The van der Waals surface area contributed by atoms with Gasteiger partial charge >= 0.3 is 0 Å². The molecule has 1 fully saturated rings. The van der Waals surface area contributed by atoms with Gasteiger partial charge in [-0.3, -0.25) is 24.7 Å². The smallest absolute Gasteiger partial charge is 0.252 e. The highest BCUT2D eigenvalue weighted by Crippen LogP contribution is 2.33. The Kier molecular flexibility index (Phi) is 7.02. The number of anilines is 1. The maximum absolute atomic E-state index is 12.5. The molecule has 0 saturated carbocycles. The molecule has 2 amide bonds. The molecule has 0 radical (unpaired) electrons. The highest BCUT2D eigenvalue weighted by Gasteiger charge is 2.29. The van der Waals surface area contributed by atoms with E-state index in [-0.39, 0.29) is 18.9 Å². The first-order valence-corrected chi connectivity index (χ1v) is 12.1. The Morgan fingerprint density at radius 2 is 1.78 bits per heavy atom. The Morgan fingerprint density at radius 1 is 1.08 bits per heavy atom. The first-order valence-electron chi connectivity index (χ1n) is 11.7. The van der Waals surface area contributed by atoms with Crippen LogP contribution in [0.4, 0.5) is 5.69 Å². The van der Waals surface area contributed by atoms with Gasteiger partial charge in [0.15, 0.2) is 5.11 Å². The average molecular weight is 514 g/mol. The van der Waals surface area contributed by atoms with Crippen LogP contribution in [0.1, 0.15) is 12.8 Å². The van der Waals surface area contributed by atoms with Gasteiger partial charge in [0.2, 0.25) is 5.91 Å². The van der Waals surface area contributed by atoms with Crippen LogP contribution in [0.15, 0.2) is 73.1 Å². The van der Waals surface area contributed by atoms with Crippen LogP contribution in [0.25, 0.3) is 33.3 Å². The van der Waals surface area contributed by atoms with Crippen LogP contribution in [0.5, 0.6) is 5.75 Å². The van der Waals surface area contributed by atoms with Gasteiger partial charge in [-0.1, -0.05) is 36.4 Å². The standard InChI is InChI=1S/C27H23N5O4S/c33-25(31-35)2-1-13-36-20-9-7-18(8-10-20)17-3-5-19(6-4-17)23-14-24(32-26(34)16-29-27(32)37)21-15-28-12-11-22(21)30-23/h3-12,14-15,35H,1-2,13,16H2,(H,29,37)(H,31,33). The number of fused-ring (bicyclic) bond motifs is 1. The fourth-order valence-corrected chi connectivity index (χ4v) is 4.38. The third-order valence-electron chi connectivity index (χ3n) is 5.98. The zero-order valence-corrected chi connectivity index (χ0v) is 20.5. The summed E-state index contributed by atoms with van der Waals surface area (Å²) < 4.78 is 5.66. The molecule has 0 bridgehead atoms. The van der Waals surface area contributed by atoms with Crippen molar-refractivity contribution in [2.45, 2.75) is 12.8 Å². The van der Waals surface area contributed by atoms with E-state index in [1.165, 1.54) is 4.90 Å². The molecule has 186 valence electrons. The second-order valence-corrected chi connectivity index (χ2v) is 8.78. The van der Waals surface area contributed by atoms with Crippen LogP contribution >= 0.6 is 12.2 Å². The van der Waals surface area contributed by atoms with E-state index in [2.05, 4.69) is 10.3 Å². The van der Waals surface area contributed by atoms with Gasteiger partial charge in [0.1, 0.15) is 5.75 Å². The lowest BCUT2D eigenvalue weighted by molar-refractivity contribution is -0.129. The van der Waals surface area contributed by atoms with Crippen molar-refractivity contribution in [1.29, 1.82) is 0 Å². The van der Waals surface area contributed by atoms with Gasteiger partial charge < -0.3 is 10.1 Å². The molecule has 1 aliphatic heterocycles. The van der Waals surface area contributed by atoms with Gasteiger partial charge in [0.25, 0.3) is 5.91 Å². The summed E-state index contributed by atoms with van der Waals surface area (Å²) in [5, 5.41) is 12.6. The number of rotatable bonds is 8. The summed E-state index contributed by atoms with van der Waals surface area (Å²) in [5.41, 5.74) is 6.67. The Labute approximate surface area is 218 Å². The fourth-order valence-electron chi connectivity index (χ4n) is 4.11. The molecule has 3 N–H and O–H groups in total. The number of carbonyl (C=O) groups excluding carboxylic acids is 2. The number of thiocarbonyl (C=S) groups is 1. The average Bonchev–Trinajstić information content (AvgIpc) is 3.28. The highest BCUT2D eigenvalue weighted by molar-refractivity contribution is 7.80. The maximum atomic E-state index is 12.5. The maximum Gasteiger partial charge on any atom is 0.252 e. The molecule has 0 unspecified atom stereocenters. The van der Waals surface area contributed by atoms with Crippen molar-refractivity contribution >= 4 is 45.7 Å². The SMILES string of the molecule is O=C(CCCOc1ccc(-c2ccc(-c3cc(N4C(=O)CNC4=S)c4cnccc4n3)cc2)cc1)NO. The van der Waals surface area contributed by atoms with Crippen molar-refractivity contribution in [2.24, 2.45) is 0 Å². The van der Waals surface area contributed by atoms with Crippen LogP contribution in [0, 0.1) is 0 Å². The van der Waals surface area contributed by atoms with Gasteiger partial charge in [0, 0.05) is 29.8 Å². The summed E-state index contributed by atoms with van der Waals surface area (Å²) in [4.78, 5) is 34.1. The molecule has 4 aromatic rings. The predicted octanol–water partition coefficient (Wildman–Crippen LogP) is 3.85. The third kappa shape index (κ3) is 5.25. The topological polar surface area (TPSA) is 117 Å². The van der Waals surface area contributed by atoms with Crippen LogP contribution in [-0.2, 0) is 9.59 Å². The van der Waals surface area contributed by atoms with Gasteiger partial charge in [-0.25, -0.2) is 10.5 Å². The summed E-state index contributed by atoms with van der Waals surface area (Å²) in [7, 11) is 0. The molecule has 1 aliphatic rings. The van der Waals surface area contributed by atoms with E-state index < -0.39 is 5.91 Å². The van der Waals surface area contributed by atoms with Crippen molar-refractivity contribution in [3.8, 4) is 28.1 Å². The normalized spacial score (nSPS) is 13.1. The van der Waals surface area contributed by atoms with Gasteiger partial charge in [-0.15, -0.1) is 0 Å². The van der Waals surface area contributed by atoms with E-state index in [1.807, 2.05) is 60.7 Å². The van der Waals surface area contributed by atoms with Gasteiger partial charge in [-0.05, 0) is 54.0 Å². The lowest BCUT2D eigenvalue weighted by Crippen LogP contribution is -2.30. The monoisotopic (exact) mass is 513 g/mol. The minimum Gasteiger partial charge on any atom is -0.494 e. The Balaban J connectivity index is 1.35. The highest BCUT2D eigenvalue weighted by atomic mass is 32.1. The number of nitrogens with zero attached hydrogens (tertiary/aromatic N) is 3. The number of hydrogen-bond donors (Lipinski definition) is 3. The van der Waals surface area contributed by atoms with Crippen molar-refractivity contribution in [1.82, 2.24) is 20.8 Å². The number of ether oxygens (including phenoxy) is 1. The van der Waals surface area contributed by atoms with E-state index >= 15 is 0 Å². The molecule has 0 spiro atoms. The van der Waals surface area contributed by atoms with E-state index in [0.717, 1.165) is 33.3 Å². The number of aromatic nitrogens is 2. The number of benzene rings is 2. The Hall–Kier alpha value is -4.41. The van der Waals surface area contributed by atoms with E-state index in [1.54, 1.807) is 17.9 Å². The van der Waals surface area contributed by atoms with Crippen molar-refractivity contribution in [2.75, 3.05) is 18.1 Å². The lowest BCUT2D eigenvalue weighted by atomic mass is 10.0. The van der Waals surface area contributed by atoms with Gasteiger partial charge in [-0.2, -0.15) is 0 Å². The van der Waals surface area contributed by atoms with Gasteiger partial charge in [0.05, 0.1) is 30.0 Å². The molecule has 2 aromatic carbocycles. The number of pyridine rings is 2. The van der Waals surface area contributed by atoms with Crippen molar-refractivity contribution in [3.63, 3.8) is 0 Å². The molecular weight excluding hydrogens is 490 g/mol. The molecular formula is C27H23N5O4S. The molecule has 37 heavy (non-hydrogen) atoms. The Morgan fingerprint density at radius 3 is 2.46 bits per heavy atom. The minimum absolute atomic E-state index is 0.120. The second-order valence-electron chi connectivity index (χ2n) is 8.40. The molecule has 3 heterocycles. The number of hydrogen-bond acceptors (Lipinski definition) is 7. The predicted molar refractivity (Wildman–Crippen MR) is 143 cm³/mol. The molecule has 2 aromatic heterocycles. The molecule has 0 aliphatic carbocycles. The van der Waals surface area contributed by atoms with E-state index in [4.69, 9.17) is 27.1 Å². The zero-order valence-electron chi connectivity index (χ0n) is 19.7. The number of nitrogens with one attached hydrogen (secondary N) is 2. The largest absolute Gasteiger partial charge is 0.494 e. The first-order chi connectivity index (χ1) is 18.0. The molecule has 1 saturated heterocycles. The van der Waals surface area contributed by atoms with Crippen LogP contribution in [0.2, 0.25) is 0 Å². The first kappa shape index (κ1) is 24.3. The number of hydroxylamine groups is 1. The Bertz CT molecular complexity index is 1460. The minimum atomic E-state index is -0.431. The molecule has 10 heteroatoms. The number of carbonyl (C=O) groups is 2. The summed E-state index contributed by atoms with van der Waals surface area (Å²) in [5.74, 6) is 0.154. The van der Waals surface area contributed by atoms with Crippen LogP contribution in [-0.4, -0.2) is 45.3 Å². The third-order valence-corrected chi connectivity index (χ3v) is 6.31. The van der Waals surface area contributed by atoms with E-state index in [0.29, 0.717) is 29.6 Å². The van der Waals surface area contributed by atoms with Crippen molar-refractivity contribution in [3.05, 3.63) is 73.1 Å². The van der Waals surface area contributed by atoms with Crippen LogP contribution < -0.4 is 20.4 Å². The molecule has 0 atom stereocenters. The molecule has 5 rings (SSSR count). The summed E-state index contributed by atoms with van der Waals surface area (Å²) in [6, 6.07) is 19.4. The van der Waals surface area contributed by atoms with Crippen LogP contribution in [0.3, 0.4) is 0 Å². The van der Waals surface area contributed by atoms with E-state index in [9.17, 15) is 9.59 Å².